The summed E-state index contributed by atoms with van der Waals surface area (Å²) in [6, 6.07) is -6.57. The van der Waals surface area contributed by atoms with E-state index < -0.39 is 135 Å². The summed E-state index contributed by atoms with van der Waals surface area (Å²) in [5.41, 5.74) is -3.62. The van der Waals surface area contributed by atoms with Gasteiger partial charge in [0.25, 0.3) is 11.8 Å². The van der Waals surface area contributed by atoms with Gasteiger partial charge in [-0.1, -0.05) is 158 Å². The molecule has 9 N–H and O–H groups in total. The maximum atomic E-state index is 15.1. The first-order valence-electron chi connectivity index (χ1n) is 41.0. The van der Waals surface area contributed by atoms with Gasteiger partial charge in [-0.25, -0.2) is 26.4 Å². The van der Waals surface area contributed by atoms with Crippen molar-refractivity contribution in [1.82, 2.24) is 52.3 Å². The van der Waals surface area contributed by atoms with Crippen LogP contribution in [0.2, 0.25) is 0 Å². The zero-order chi connectivity index (χ0) is 80.0. The number of nitrogens with zero attached hydrogens (tertiary/aromatic N) is 2. The van der Waals surface area contributed by atoms with Crippen molar-refractivity contribution in [3.05, 3.63) is 25.3 Å². The Balaban J connectivity index is 0.000000249. The number of carbonyl (C=O) groups is 9. The molecule has 0 aromatic heterocycles. The highest BCUT2D eigenvalue weighted by molar-refractivity contribution is 7.93. The molecule has 0 spiro atoms. The molecule has 0 aromatic rings. The summed E-state index contributed by atoms with van der Waals surface area (Å²) >= 11 is 0. The van der Waals surface area contributed by atoms with E-state index in [0.29, 0.717) is 44.7 Å². The predicted molar refractivity (Wildman–Crippen MR) is 419 cm³/mol. The minimum atomic E-state index is -3.63. The Bertz CT molecular complexity index is 3580. The van der Waals surface area contributed by atoms with Gasteiger partial charge >= 0.3 is 12.1 Å². The Labute approximate surface area is 645 Å². The quantitative estimate of drug-likeness (QED) is 0.0261. The molecule has 0 radical (unpaired) electrons. The fraction of sp³-hybridized carbons (Fsp3) is 0.841. The summed E-state index contributed by atoms with van der Waals surface area (Å²) < 4.78 is 52.9. The van der Waals surface area contributed by atoms with Crippen LogP contribution in [-0.4, -0.2) is 186 Å². The van der Waals surface area contributed by atoms with E-state index in [1.54, 1.807) is 51.3 Å². The molecule has 2 heterocycles. The summed E-state index contributed by atoms with van der Waals surface area (Å²) in [6.45, 7) is 38.8. The second kappa shape index (κ2) is 32.8. The van der Waals surface area contributed by atoms with Crippen LogP contribution in [0.3, 0.4) is 0 Å². The third-order valence-corrected chi connectivity index (χ3v) is 34.1. The van der Waals surface area contributed by atoms with Crippen molar-refractivity contribution in [1.29, 1.82) is 0 Å². The Morgan fingerprint density at radius 1 is 0.500 bits per heavy atom. The van der Waals surface area contributed by atoms with Crippen LogP contribution in [0.15, 0.2) is 25.3 Å². The lowest BCUT2D eigenvalue weighted by molar-refractivity contribution is -0.146. The molecule has 108 heavy (non-hydrogen) atoms. The van der Waals surface area contributed by atoms with Gasteiger partial charge in [0.2, 0.25) is 29.4 Å². The maximum absolute atomic E-state index is 15.1. The molecule has 5 unspecified atom stereocenters. The number of Topliss-reactive ketones (excluding diaryl/α,β-unsaturated/α-hetero) is 1. The van der Waals surface area contributed by atoms with Gasteiger partial charge in [0, 0.05) is 26.2 Å². The number of hydrogen-bond donors (Lipinski definition) is 9. The van der Waals surface area contributed by atoms with E-state index in [2.05, 4.69) is 83.4 Å². The van der Waals surface area contributed by atoms with Crippen LogP contribution >= 0.6 is 0 Å². The molecule has 17 atom stereocenters. The van der Waals surface area contributed by atoms with Gasteiger partial charge in [-0.05, 0) is 187 Å². The second-order valence-electron chi connectivity index (χ2n) is 38.9. The zero-order valence-electron chi connectivity index (χ0n) is 68.1. The molecule has 2 saturated heterocycles. The number of sulfone groups is 2. The van der Waals surface area contributed by atoms with E-state index in [1.165, 1.54) is 12.2 Å². The molecule has 24 nitrogen and oxygen atoms in total. The summed E-state index contributed by atoms with van der Waals surface area (Å²) in [5, 5.41) is 34.8. The van der Waals surface area contributed by atoms with Crippen LogP contribution in [0, 0.1) is 80.8 Å². The van der Waals surface area contributed by atoms with E-state index in [0.717, 1.165) is 116 Å². The third kappa shape index (κ3) is 18.4. The highest BCUT2D eigenvalue weighted by atomic mass is 32.2. The summed E-state index contributed by atoms with van der Waals surface area (Å²) in [5.74, 6) is -3.98. The number of nitrogens with one attached hydrogen (secondary N) is 8. The number of aliphatic hydroxyl groups is 1. The first-order chi connectivity index (χ1) is 50.2. The molecule has 610 valence electrons. The number of fused-ring (bicyclic) bond motifs is 2. The van der Waals surface area contributed by atoms with Gasteiger partial charge < -0.3 is 57.4 Å². The summed E-state index contributed by atoms with van der Waals surface area (Å²) in [6.07, 6.45) is 19.6. The number of ketones is 1. The molecule has 10 rings (SSSR count). The molecular weight excluding hydrogens is 1410 g/mol. The van der Waals surface area contributed by atoms with E-state index in [1.807, 2.05) is 41.5 Å². The molecular formula is C82H136N10O14S2. The predicted octanol–water partition coefficient (Wildman–Crippen LogP) is 9.14. The van der Waals surface area contributed by atoms with Crippen molar-refractivity contribution in [2.75, 3.05) is 37.7 Å². The standard InChI is InChI=1S/C41H69N5O7S.C41H67N5O7S/c2*1-10-21-42-35(49)32(47)29(22-27-17-18-27)43-34(48)31-30-28(39(30,7)8)23-46(31)36(50)33(40(9)19-12-11-13-20-40)44-37(51)45-41(24-54(52,53)38(4,5)6)25(2)15-14-16-26(41)3/h10,25-33,47H,1,11-24H2,2-9H3,(H,42,49)(H,43,48)(H2,44,45,51);10,25-31,33H,1,11-24H2,2-9H3,(H,42,49)(H,43,48)(H2,44,45,51)/t25-,26+,28-,29?,30-,31-,32?,33+,41?;25-,26+,28-,29?,30-,31-,33+,41?/m00/s1. The topological polar surface area (TPSA) is 345 Å². The number of rotatable bonds is 28. The number of amides is 10. The van der Waals surface area contributed by atoms with Crippen molar-refractivity contribution in [3.63, 3.8) is 0 Å². The number of piperidine rings is 2. The van der Waals surface area contributed by atoms with Crippen molar-refractivity contribution >= 4 is 73.0 Å². The lowest BCUT2D eigenvalue weighted by Crippen LogP contribution is -2.68. The SMILES string of the molecule is C=CCNC(=O)C(=O)C(CC1CC1)NC(=O)[C@@H]1[C@@H]2[C@H](CN1C(=O)[C@@H](NC(=O)NC1(CS(=O)(=O)C(C)(C)C)[C@H](C)CCC[C@@H]1C)C1(C)CCCCC1)C2(C)C.C=CCNC(=O)C(O)C(CC1CC1)NC(=O)[C@@H]1[C@@H]2[C@H](CN1C(=O)[C@@H](NC(=O)NC1(CS(=O)(=O)C(C)(C)C)[C@H](C)CCC[C@@H]1C)C1(C)CCCCC1)C2(C)C. The Morgan fingerprint density at radius 2 is 0.861 bits per heavy atom. The van der Waals surface area contributed by atoms with E-state index in [4.69, 9.17) is 0 Å². The maximum Gasteiger partial charge on any atom is 0.315 e. The lowest BCUT2D eigenvalue weighted by Gasteiger charge is -2.49. The highest BCUT2D eigenvalue weighted by Crippen LogP contribution is 2.66. The average Bonchev–Trinajstić information content (AvgIpc) is 1.52. The lowest BCUT2D eigenvalue weighted by atomic mass is 9.68. The first-order valence-corrected chi connectivity index (χ1v) is 44.3. The molecule has 0 aromatic carbocycles. The largest absolute Gasteiger partial charge is 0.381 e. The van der Waals surface area contributed by atoms with Gasteiger partial charge in [-0.3, -0.25) is 33.6 Å². The van der Waals surface area contributed by atoms with Gasteiger partial charge in [0.15, 0.2) is 25.8 Å². The van der Waals surface area contributed by atoms with Crippen molar-refractivity contribution < 1.29 is 65.1 Å². The number of hydrogen-bond acceptors (Lipinski definition) is 14. The summed E-state index contributed by atoms with van der Waals surface area (Å²) in [7, 11) is -7.26. The number of likely N-dealkylation sites (tertiary alicyclic amines) is 2. The minimum Gasteiger partial charge on any atom is -0.381 e. The molecule has 26 heteroatoms. The van der Waals surface area contributed by atoms with Crippen LogP contribution < -0.4 is 42.5 Å². The number of carbonyl (C=O) groups excluding carboxylic acids is 9. The average molecular weight is 1550 g/mol. The smallest absolute Gasteiger partial charge is 0.315 e. The molecule has 10 amide bonds. The number of urea groups is 2. The fourth-order valence-electron chi connectivity index (χ4n) is 20.0. The Hall–Kier alpha value is -5.63. The molecule has 8 saturated carbocycles. The fourth-order valence-corrected chi connectivity index (χ4v) is 23.4. The van der Waals surface area contributed by atoms with E-state index in [-0.39, 0.29) is 101 Å². The van der Waals surface area contributed by atoms with Crippen LogP contribution in [0.4, 0.5) is 9.59 Å². The zero-order valence-corrected chi connectivity index (χ0v) is 69.8. The van der Waals surface area contributed by atoms with Gasteiger partial charge in [0.1, 0.15) is 24.2 Å². The minimum absolute atomic E-state index is 0.0640. The highest BCUT2D eigenvalue weighted by Gasteiger charge is 2.72. The van der Waals surface area contributed by atoms with Crippen molar-refractivity contribution in [2.24, 2.45) is 80.8 Å². The molecule has 10 fully saturated rings. The van der Waals surface area contributed by atoms with Crippen LogP contribution in [0.1, 0.15) is 252 Å². The van der Waals surface area contributed by atoms with E-state index in [9.17, 15) is 55.5 Å². The second-order valence-corrected chi connectivity index (χ2v) is 44.4. The van der Waals surface area contributed by atoms with Gasteiger partial charge in [0.05, 0.1) is 44.2 Å². The Morgan fingerprint density at radius 3 is 1.22 bits per heavy atom. The first kappa shape index (κ1) is 86.4. The van der Waals surface area contributed by atoms with E-state index >= 15 is 9.59 Å². The molecule has 10 aliphatic rings. The van der Waals surface area contributed by atoms with Gasteiger partial charge in [-0.2, -0.15) is 0 Å². The normalized spacial score (nSPS) is 31.6. The molecule has 2 aliphatic heterocycles. The van der Waals surface area contributed by atoms with Gasteiger partial charge in [-0.15, -0.1) is 13.2 Å². The number of aliphatic hydroxyl groups excluding tert-OH is 1. The van der Waals surface area contributed by atoms with Crippen molar-refractivity contribution in [2.45, 2.75) is 315 Å². The van der Waals surface area contributed by atoms with Crippen LogP contribution in [0.25, 0.3) is 0 Å². The van der Waals surface area contributed by atoms with Crippen LogP contribution in [0.5, 0.6) is 0 Å². The third-order valence-electron chi connectivity index (χ3n) is 28.6. The van der Waals surface area contributed by atoms with Crippen molar-refractivity contribution in [3.8, 4) is 0 Å². The molecule has 0 bridgehead atoms. The Kier molecular flexibility index (Phi) is 26.3. The van der Waals surface area contributed by atoms with Crippen LogP contribution in [-0.2, 0) is 53.2 Å². The summed E-state index contributed by atoms with van der Waals surface area (Å²) in [4.78, 5) is 130. The monoisotopic (exact) mass is 1550 g/mol. The molecule has 8 aliphatic carbocycles.